The third-order valence-electron chi connectivity index (χ3n) is 1.27. The van der Waals surface area contributed by atoms with Gasteiger partial charge in [-0.25, -0.2) is 0 Å². The van der Waals surface area contributed by atoms with Crippen LogP contribution in [-0.4, -0.2) is 10.9 Å². The molecule has 1 aliphatic rings. The van der Waals surface area contributed by atoms with Crippen molar-refractivity contribution in [3.8, 4) is 0 Å². The van der Waals surface area contributed by atoms with Crippen molar-refractivity contribution in [2.24, 2.45) is 0 Å². The molecular weight excluding hydrogens is 237 g/mol. The molecule has 1 rings (SSSR count). The first kappa shape index (κ1) is 9.80. The number of hydrogen-bond acceptors (Lipinski definition) is 1. The molecule has 0 spiro atoms. The van der Waals surface area contributed by atoms with Crippen LogP contribution in [0.2, 0.25) is 0 Å². The van der Waals surface area contributed by atoms with E-state index in [1.807, 2.05) is 0 Å². The Balaban J connectivity index is 2.62. The summed E-state index contributed by atoms with van der Waals surface area (Å²) in [6.07, 6.45) is 1.65. The topological polar surface area (TPSA) is 9.23 Å². The summed E-state index contributed by atoms with van der Waals surface area (Å²) in [5, 5.41) is 0. The number of halogens is 4. The van der Waals surface area contributed by atoms with Crippen molar-refractivity contribution in [1.29, 1.82) is 0 Å². The fraction of sp³-hybridized carbons (Fsp3) is 0.429. The van der Waals surface area contributed by atoms with E-state index in [0.29, 0.717) is 0 Å². The summed E-state index contributed by atoms with van der Waals surface area (Å²) in [6.45, 7) is 0. The lowest BCUT2D eigenvalue weighted by atomic mass is 10.1. The van der Waals surface area contributed by atoms with Gasteiger partial charge >= 0.3 is 6.36 Å². The Morgan fingerprint density at radius 1 is 1.33 bits per heavy atom. The predicted octanol–water partition coefficient (Wildman–Crippen LogP) is 3.13. The molecular formula is C7H6BrF3O. The van der Waals surface area contributed by atoms with Gasteiger partial charge in [0.25, 0.3) is 0 Å². The zero-order valence-electron chi connectivity index (χ0n) is 5.94. The Hall–Kier alpha value is -0.290. The second kappa shape index (κ2) is 3.22. The molecule has 0 saturated heterocycles. The van der Waals surface area contributed by atoms with E-state index in [0.717, 1.165) is 0 Å². The highest BCUT2D eigenvalue weighted by atomic mass is 79.9. The molecule has 0 aromatic heterocycles. The Morgan fingerprint density at radius 2 is 2.00 bits per heavy atom. The Bertz CT molecular complexity index is 221. The summed E-state index contributed by atoms with van der Waals surface area (Å²) in [4.78, 5) is 0. The van der Waals surface area contributed by atoms with Crippen molar-refractivity contribution in [3.63, 3.8) is 0 Å². The third-order valence-corrected chi connectivity index (χ3v) is 2.02. The van der Waals surface area contributed by atoms with Crippen molar-refractivity contribution in [3.05, 3.63) is 24.3 Å². The molecule has 0 aliphatic heterocycles. The van der Waals surface area contributed by atoms with Crippen LogP contribution in [0.3, 0.4) is 0 Å². The van der Waals surface area contributed by atoms with Crippen molar-refractivity contribution in [1.82, 2.24) is 0 Å². The molecule has 12 heavy (non-hydrogen) atoms. The molecule has 0 aromatic rings. The van der Waals surface area contributed by atoms with E-state index < -0.39 is 10.9 Å². The van der Waals surface area contributed by atoms with Crippen molar-refractivity contribution in [2.45, 2.75) is 17.3 Å². The number of alkyl halides is 4. The van der Waals surface area contributed by atoms with Gasteiger partial charge in [-0.2, -0.15) is 0 Å². The highest BCUT2D eigenvalue weighted by Gasteiger charge is 2.40. The monoisotopic (exact) mass is 242 g/mol. The largest absolute Gasteiger partial charge is 0.524 e. The van der Waals surface area contributed by atoms with Crippen LogP contribution in [-0.2, 0) is 4.74 Å². The zero-order chi connectivity index (χ0) is 9.24. The van der Waals surface area contributed by atoms with E-state index in [2.05, 4.69) is 20.7 Å². The van der Waals surface area contributed by atoms with Gasteiger partial charge in [0.2, 0.25) is 0 Å². The summed E-state index contributed by atoms with van der Waals surface area (Å²) in [6, 6.07) is 0. The van der Waals surface area contributed by atoms with Crippen molar-refractivity contribution < 1.29 is 17.9 Å². The maximum atomic E-state index is 11.8. The van der Waals surface area contributed by atoms with Gasteiger partial charge in [0.1, 0.15) is 0 Å². The molecule has 0 fully saturated rings. The SMILES string of the molecule is FC(F)(F)OC1(Br)C=CC=CC1. The lowest BCUT2D eigenvalue weighted by Gasteiger charge is -2.25. The number of rotatable bonds is 1. The smallest absolute Gasteiger partial charge is 0.269 e. The van der Waals surface area contributed by atoms with Gasteiger partial charge in [-0.1, -0.05) is 18.2 Å². The van der Waals surface area contributed by atoms with Crippen LogP contribution in [0.15, 0.2) is 24.3 Å². The summed E-state index contributed by atoms with van der Waals surface area (Å²) >= 11 is 2.85. The molecule has 1 atom stereocenters. The molecule has 1 aliphatic carbocycles. The minimum Gasteiger partial charge on any atom is -0.269 e. The highest BCUT2D eigenvalue weighted by molar-refractivity contribution is 9.10. The summed E-state index contributed by atoms with van der Waals surface area (Å²) in [5.74, 6) is 0. The maximum Gasteiger partial charge on any atom is 0.524 e. The normalized spacial score (nSPS) is 29.3. The first-order valence-corrected chi connectivity index (χ1v) is 4.01. The van der Waals surface area contributed by atoms with E-state index in [-0.39, 0.29) is 6.42 Å². The first-order valence-electron chi connectivity index (χ1n) is 3.21. The van der Waals surface area contributed by atoms with Crippen molar-refractivity contribution in [2.75, 3.05) is 0 Å². The summed E-state index contributed by atoms with van der Waals surface area (Å²) in [5.41, 5.74) is 0. The lowest BCUT2D eigenvalue weighted by Crippen LogP contribution is -2.30. The average molecular weight is 243 g/mol. The van der Waals surface area contributed by atoms with Crippen LogP contribution >= 0.6 is 15.9 Å². The third kappa shape index (κ3) is 2.98. The zero-order valence-corrected chi connectivity index (χ0v) is 7.52. The Kier molecular flexibility index (Phi) is 2.63. The molecule has 0 heterocycles. The molecule has 5 heteroatoms. The van der Waals surface area contributed by atoms with Crippen LogP contribution in [0.25, 0.3) is 0 Å². The van der Waals surface area contributed by atoms with E-state index in [9.17, 15) is 13.2 Å². The fourth-order valence-electron chi connectivity index (χ4n) is 0.843. The lowest BCUT2D eigenvalue weighted by molar-refractivity contribution is -0.341. The number of hydrogen-bond donors (Lipinski definition) is 0. The minimum absolute atomic E-state index is 0.170. The van der Waals surface area contributed by atoms with Gasteiger partial charge in [0.15, 0.2) is 4.51 Å². The van der Waals surface area contributed by atoms with E-state index in [1.165, 1.54) is 12.2 Å². The second-order valence-electron chi connectivity index (χ2n) is 2.33. The molecule has 0 N–H and O–H groups in total. The average Bonchev–Trinajstić information content (AvgIpc) is 1.83. The summed E-state index contributed by atoms with van der Waals surface area (Å²) < 4.78 is 37.8. The van der Waals surface area contributed by atoms with Crippen LogP contribution < -0.4 is 0 Å². The molecule has 0 amide bonds. The number of allylic oxidation sites excluding steroid dienone is 2. The van der Waals surface area contributed by atoms with Crippen molar-refractivity contribution >= 4 is 15.9 Å². The Morgan fingerprint density at radius 3 is 2.42 bits per heavy atom. The molecule has 68 valence electrons. The summed E-state index contributed by atoms with van der Waals surface area (Å²) in [7, 11) is 0. The molecule has 0 saturated carbocycles. The maximum absolute atomic E-state index is 11.8. The molecule has 1 nitrogen and oxygen atoms in total. The Labute approximate surface area is 76.0 Å². The van der Waals surface area contributed by atoms with Crippen LogP contribution in [0.1, 0.15) is 6.42 Å². The van der Waals surface area contributed by atoms with E-state index in [4.69, 9.17) is 0 Å². The highest BCUT2D eigenvalue weighted by Crippen LogP contribution is 2.35. The minimum atomic E-state index is -4.61. The van der Waals surface area contributed by atoms with Crippen LogP contribution in [0.4, 0.5) is 13.2 Å². The quantitative estimate of drug-likeness (QED) is 0.643. The van der Waals surface area contributed by atoms with Gasteiger partial charge < -0.3 is 0 Å². The van der Waals surface area contributed by atoms with Crippen LogP contribution in [0, 0.1) is 0 Å². The van der Waals surface area contributed by atoms with E-state index in [1.54, 1.807) is 12.2 Å². The predicted molar refractivity (Wildman–Crippen MR) is 41.7 cm³/mol. The molecule has 1 unspecified atom stereocenters. The second-order valence-corrected chi connectivity index (χ2v) is 3.67. The molecule has 0 bridgehead atoms. The van der Waals surface area contributed by atoms with Gasteiger partial charge in [-0.3, -0.25) is 4.74 Å². The standard InChI is InChI=1S/C7H6BrF3O/c8-6(12-7(9,10)11)4-2-1-3-5-6/h1-4H,5H2. The fourth-order valence-corrected chi connectivity index (χ4v) is 1.37. The molecule has 0 aromatic carbocycles. The number of ether oxygens (including phenoxy) is 1. The van der Waals surface area contributed by atoms with E-state index >= 15 is 0 Å². The molecule has 0 radical (unpaired) electrons. The first-order chi connectivity index (χ1) is 5.41. The van der Waals surface area contributed by atoms with Gasteiger partial charge in [0.05, 0.1) is 0 Å². The van der Waals surface area contributed by atoms with Gasteiger partial charge in [-0.15, -0.1) is 13.2 Å². The van der Waals surface area contributed by atoms with Gasteiger partial charge in [-0.05, 0) is 22.0 Å². The van der Waals surface area contributed by atoms with Gasteiger partial charge in [0, 0.05) is 6.42 Å². The van der Waals surface area contributed by atoms with Crippen LogP contribution in [0.5, 0.6) is 0 Å².